The van der Waals surface area contributed by atoms with Crippen LogP contribution in [0.25, 0.3) is 0 Å². The van der Waals surface area contributed by atoms with E-state index in [0.717, 1.165) is 25.7 Å². The average Bonchev–Trinajstić information content (AvgIpc) is 2.96. The zero-order valence-corrected chi connectivity index (χ0v) is 12.4. The van der Waals surface area contributed by atoms with Crippen molar-refractivity contribution >= 4 is 21.4 Å². The molecule has 0 radical (unpaired) electrons. The number of nitrogens with one attached hydrogen (secondary N) is 2. The first-order valence-corrected chi connectivity index (χ1v) is 8.66. The summed E-state index contributed by atoms with van der Waals surface area (Å²) in [6.07, 6.45) is 4.26. The van der Waals surface area contributed by atoms with Gasteiger partial charge in [-0.25, -0.2) is 13.1 Å². The molecular weight excluding hydrogens is 286 g/mol. The second-order valence-corrected chi connectivity index (χ2v) is 7.83. The van der Waals surface area contributed by atoms with Crippen molar-refractivity contribution in [3.63, 3.8) is 0 Å². The van der Waals surface area contributed by atoms with E-state index < -0.39 is 10.0 Å². The summed E-state index contributed by atoms with van der Waals surface area (Å²) in [6.45, 7) is 1.86. The molecule has 4 N–H and O–H groups in total. The number of H-pyrrole nitrogens is 1. The summed E-state index contributed by atoms with van der Waals surface area (Å²) >= 11 is 0.714. The van der Waals surface area contributed by atoms with Gasteiger partial charge in [-0.15, -0.1) is 0 Å². The fourth-order valence-electron chi connectivity index (χ4n) is 2.60. The summed E-state index contributed by atoms with van der Waals surface area (Å²) in [7, 11) is -3.66. The van der Waals surface area contributed by atoms with Gasteiger partial charge < -0.3 is 10.7 Å². The first-order chi connectivity index (χ1) is 8.94. The van der Waals surface area contributed by atoms with E-state index in [9.17, 15) is 13.2 Å². The van der Waals surface area contributed by atoms with Crippen LogP contribution >= 0.6 is 11.3 Å². The van der Waals surface area contributed by atoms with E-state index in [4.69, 9.17) is 5.73 Å². The number of hydrogen-bond acceptors (Lipinski definition) is 5. The highest BCUT2D eigenvalue weighted by Crippen LogP contribution is 2.28. The Kier molecular flexibility index (Phi) is 4.44. The normalized spacial score (nSPS) is 18.8. The summed E-state index contributed by atoms with van der Waals surface area (Å²) in [5.41, 5.74) is 6.07. The molecule has 0 amide bonds. The third-order valence-electron chi connectivity index (χ3n) is 3.55. The lowest BCUT2D eigenvalue weighted by Crippen LogP contribution is -2.44. The number of aromatic nitrogens is 1. The van der Waals surface area contributed by atoms with Gasteiger partial charge in [-0.3, -0.25) is 4.79 Å². The number of nitrogens with two attached hydrogens (primary N) is 1. The molecule has 1 heterocycles. The molecule has 0 bridgehead atoms. The van der Waals surface area contributed by atoms with Crippen LogP contribution in [-0.4, -0.2) is 26.0 Å². The topological polar surface area (TPSA) is 105 Å². The summed E-state index contributed by atoms with van der Waals surface area (Å²) in [6, 6.07) is -0.246. The monoisotopic (exact) mass is 305 g/mol. The van der Waals surface area contributed by atoms with Crippen LogP contribution in [0.15, 0.2) is 9.00 Å². The number of thiazole rings is 1. The van der Waals surface area contributed by atoms with Crippen molar-refractivity contribution in [3.05, 3.63) is 15.4 Å². The molecule has 1 aromatic heterocycles. The molecule has 1 unspecified atom stereocenters. The molecule has 1 atom stereocenters. The minimum atomic E-state index is -3.66. The van der Waals surface area contributed by atoms with Crippen molar-refractivity contribution in [2.45, 2.75) is 42.9 Å². The van der Waals surface area contributed by atoms with E-state index in [1.807, 2.05) is 0 Å². The highest BCUT2D eigenvalue weighted by Gasteiger charge is 2.30. The largest absolute Gasteiger partial charge is 0.329 e. The number of sulfonamides is 1. The molecule has 1 aliphatic carbocycles. The maximum Gasteiger partial charge on any atom is 0.305 e. The minimum Gasteiger partial charge on any atom is -0.329 e. The zero-order valence-electron chi connectivity index (χ0n) is 10.8. The van der Waals surface area contributed by atoms with Gasteiger partial charge in [0, 0.05) is 18.3 Å². The second kappa shape index (κ2) is 5.74. The third-order valence-corrected chi connectivity index (χ3v) is 6.65. The molecule has 8 heteroatoms. The lowest BCUT2D eigenvalue weighted by Gasteiger charge is -2.22. The van der Waals surface area contributed by atoms with Gasteiger partial charge >= 0.3 is 4.87 Å². The molecule has 0 aromatic carbocycles. The smallest absolute Gasteiger partial charge is 0.305 e. The van der Waals surface area contributed by atoms with E-state index in [1.54, 1.807) is 6.92 Å². The van der Waals surface area contributed by atoms with Crippen molar-refractivity contribution < 1.29 is 8.42 Å². The van der Waals surface area contributed by atoms with Gasteiger partial charge in [0.25, 0.3) is 10.0 Å². The molecule has 1 fully saturated rings. The standard InChI is InChI=1S/C11H19N3O3S2/c1-7-10(18-11(15)13-7)19(16,17)14-9(6-12)8-4-2-3-5-8/h8-9,14H,2-6,12H2,1H3,(H,13,15). The average molecular weight is 305 g/mol. The van der Waals surface area contributed by atoms with Gasteiger partial charge in [-0.05, 0) is 25.7 Å². The Balaban J connectivity index is 2.20. The van der Waals surface area contributed by atoms with Crippen LogP contribution in [0.1, 0.15) is 31.4 Å². The highest BCUT2D eigenvalue weighted by atomic mass is 32.2. The molecule has 1 saturated carbocycles. The first kappa shape index (κ1) is 14.7. The Bertz CT molecular complexity index is 585. The van der Waals surface area contributed by atoms with E-state index in [-0.39, 0.29) is 21.7 Å². The van der Waals surface area contributed by atoms with Gasteiger partial charge in [0.2, 0.25) is 0 Å². The molecule has 0 aliphatic heterocycles. The van der Waals surface area contributed by atoms with Gasteiger partial charge in [0.1, 0.15) is 0 Å². The summed E-state index contributed by atoms with van der Waals surface area (Å²) in [5, 5.41) is 0. The van der Waals surface area contributed by atoms with E-state index >= 15 is 0 Å². The SMILES string of the molecule is Cc1[nH]c(=O)sc1S(=O)(=O)NC(CN)C1CCCC1. The Morgan fingerprint density at radius 3 is 2.58 bits per heavy atom. The Morgan fingerprint density at radius 1 is 1.47 bits per heavy atom. The van der Waals surface area contributed by atoms with Crippen LogP contribution in [0.2, 0.25) is 0 Å². The molecule has 0 saturated heterocycles. The Labute approximate surface area is 116 Å². The summed E-state index contributed by atoms with van der Waals surface area (Å²) in [4.78, 5) is 13.3. The van der Waals surface area contributed by atoms with Crippen LogP contribution in [0.3, 0.4) is 0 Å². The van der Waals surface area contributed by atoms with Gasteiger partial charge in [0.05, 0.1) is 0 Å². The van der Waals surface area contributed by atoms with E-state index in [2.05, 4.69) is 9.71 Å². The maximum atomic E-state index is 12.3. The molecule has 0 spiro atoms. The quantitative estimate of drug-likeness (QED) is 0.738. The zero-order chi connectivity index (χ0) is 14.0. The number of aromatic amines is 1. The summed E-state index contributed by atoms with van der Waals surface area (Å²) < 4.78 is 27.3. The minimum absolute atomic E-state index is 0.0638. The summed E-state index contributed by atoms with van der Waals surface area (Å²) in [5.74, 6) is 0.302. The second-order valence-electron chi connectivity index (χ2n) is 4.93. The molecule has 2 rings (SSSR count). The molecule has 108 valence electrons. The first-order valence-electron chi connectivity index (χ1n) is 6.36. The number of rotatable bonds is 5. The van der Waals surface area contributed by atoms with Crippen molar-refractivity contribution in [2.24, 2.45) is 11.7 Å². The highest BCUT2D eigenvalue weighted by molar-refractivity contribution is 7.91. The van der Waals surface area contributed by atoms with Gasteiger partial charge in [0.15, 0.2) is 4.21 Å². The van der Waals surface area contributed by atoms with Crippen LogP contribution in [-0.2, 0) is 10.0 Å². The molecule has 1 aromatic rings. The number of hydrogen-bond donors (Lipinski definition) is 3. The van der Waals surface area contributed by atoms with Crippen LogP contribution in [0, 0.1) is 12.8 Å². The van der Waals surface area contributed by atoms with Gasteiger partial charge in [-0.1, -0.05) is 24.2 Å². The molecular formula is C11H19N3O3S2. The molecule has 1 aliphatic rings. The third kappa shape index (κ3) is 3.25. The van der Waals surface area contributed by atoms with Crippen LogP contribution in [0.5, 0.6) is 0 Å². The number of aryl methyl sites for hydroxylation is 1. The molecule has 19 heavy (non-hydrogen) atoms. The van der Waals surface area contributed by atoms with Crippen molar-refractivity contribution in [2.75, 3.05) is 6.54 Å². The molecule has 6 nitrogen and oxygen atoms in total. The van der Waals surface area contributed by atoms with Crippen molar-refractivity contribution in [1.82, 2.24) is 9.71 Å². The Hall–Kier alpha value is -0.700. The fourth-order valence-corrected chi connectivity index (χ4v) is 5.23. The predicted octanol–water partition coefficient (Wildman–Crippen LogP) is 0.541. The van der Waals surface area contributed by atoms with Crippen LogP contribution < -0.4 is 15.3 Å². The van der Waals surface area contributed by atoms with E-state index in [0.29, 0.717) is 22.9 Å². The van der Waals surface area contributed by atoms with Gasteiger partial charge in [-0.2, -0.15) is 0 Å². The van der Waals surface area contributed by atoms with Crippen LogP contribution in [0.4, 0.5) is 0 Å². The van der Waals surface area contributed by atoms with Crippen molar-refractivity contribution in [1.29, 1.82) is 0 Å². The van der Waals surface area contributed by atoms with E-state index in [1.165, 1.54) is 0 Å². The lowest BCUT2D eigenvalue weighted by atomic mass is 9.99. The lowest BCUT2D eigenvalue weighted by molar-refractivity contribution is 0.406. The predicted molar refractivity (Wildman–Crippen MR) is 74.8 cm³/mol. The van der Waals surface area contributed by atoms with Crippen molar-refractivity contribution in [3.8, 4) is 0 Å². The maximum absolute atomic E-state index is 12.3. The Morgan fingerprint density at radius 2 is 2.11 bits per heavy atom. The fraction of sp³-hybridized carbons (Fsp3) is 0.727.